The van der Waals surface area contributed by atoms with E-state index in [-0.39, 0.29) is 5.56 Å². The van der Waals surface area contributed by atoms with Crippen molar-refractivity contribution in [3.05, 3.63) is 52.3 Å². The minimum Gasteiger partial charge on any atom is -0.478 e. The topological polar surface area (TPSA) is 55.1 Å². The lowest BCUT2D eigenvalue weighted by molar-refractivity contribution is 0.0696. The lowest BCUT2D eigenvalue weighted by Gasteiger charge is -2.06. The van der Waals surface area contributed by atoms with Crippen molar-refractivity contribution < 1.29 is 9.90 Å². The minimum absolute atomic E-state index is 0.168. The molecule has 98 valence electrons. The standard InChI is InChI=1S/C14H13ClN2O2/c1-9(2)6-13-12(14(18)19)8-16-17(13)11-5-3-4-10(15)7-11/h3-8H,1-2H3,(H,18,19). The second kappa shape index (κ2) is 5.28. The Labute approximate surface area is 115 Å². The molecule has 1 N–H and O–H groups in total. The molecule has 0 aliphatic rings. The summed E-state index contributed by atoms with van der Waals surface area (Å²) in [5, 5.41) is 13.9. The zero-order valence-corrected chi connectivity index (χ0v) is 11.3. The van der Waals surface area contributed by atoms with Crippen LogP contribution >= 0.6 is 11.6 Å². The van der Waals surface area contributed by atoms with Gasteiger partial charge < -0.3 is 5.11 Å². The second-order valence-corrected chi connectivity index (χ2v) is 4.80. The minimum atomic E-state index is -0.999. The summed E-state index contributed by atoms with van der Waals surface area (Å²) in [5.74, 6) is -0.999. The Morgan fingerprint density at radius 1 is 1.42 bits per heavy atom. The fourth-order valence-electron chi connectivity index (χ4n) is 1.75. The van der Waals surface area contributed by atoms with Gasteiger partial charge in [0.15, 0.2) is 0 Å². The normalized spacial score (nSPS) is 10.3. The van der Waals surface area contributed by atoms with Crippen molar-refractivity contribution in [3.63, 3.8) is 0 Å². The number of aromatic nitrogens is 2. The molecule has 0 bridgehead atoms. The number of rotatable bonds is 3. The van der Waals surface area contributed by atoms with Crippen LogP contribution in [0.25, 0.3) is 11.8 Å². The lowest BCUT2D eigenvalue weighted by Crippen LogP contribution is -2.03. The van der Waals surface area contributed by atoms with Crippen LogP contribution in [0.4, 0.5) is 0 Å². The van der Waals surface area contributed by atoms with Crippen molar-refractivity contribution >= 4 is 23.6 Å². The van der Waals surface area contributed by atoms with Gasteiger partial charge in [-0.05, 0) is 38.1 Å². The number of nitrogens with zero attached hydrogens (tertiary/aromatic N) is 2. The summed E-state index contributed by atoms with van der Waals surface area (Å²) < 4.78 is 1.57. The van der Waals surface area contributed by atoms with E-state index in [0.717, 1.165) is 11.3 Å². The van der Waals surface area contributed by atoms with Crippen molar-refractivity contribution in [1.82, 2.24) is 9.78 Å². The van der Waals surface area contributed by atoms with Gasteiger partial charge in [0.1, 0.15) is 5.56 Å². The average molecular weight is 277 g/mol. The fourth-order valence-corrected chi connectivity index (χ4v) is 1.93. The highest BCUT2D eigenvalue weighted by atomic mass is 35.5. The maximum atomic E-state index is 11.2. The van der Waals surface area contributed by atoms with E-state index in [4.69, 9.17) is 11.6 Å². The summed E-state index contributed by atoms with van der Waals surface area (Å²) in [4.78, 5) is 11.2. The number of aromatic carboxylic acids is 1. The summed E-state index contributed by atoms with van der Waals surface area (Å²) in [6.07, 6.45) is 3.13. The van der Waals surface area contributed by atoms with Gasteiger partial charge in [-0.25, -0.2) is 9.48 Å². The Bertz CT molecular complexity index is 655. The van der Waals surface area contributed by atoms with E-state index in [1.807, 2.05) is 19.9 Å². The molecule has 2 aromatic rings. The van der Waals surface area contributed by atoms with Crippen molar-refractivity contribution in [1.29, 1.82) is 0 Å². The summed E-state index contributed by atoms with van der Waals surface area (Å²) >= 11 is 5.95. The average Bonchev–Trinajstić information content (AvgIpc) is 2.71. The van der Waals surface area contributed by atoms with E-state index in [1.165, 1.54) is 6.20 Å². The first-order valence-corrected chi connectivity index (χ1v) is 6.09. The molecule has 0 amide bonds. The Balaban J connectivity index is 2.64. The van der Waals surface area contributed by atoms with Crippen molar-refractivity contribution in [2.45, 2.75) is 13.8 Å². The number of hydrogen-bond acceptors (Lipinski definition) is 2. The van der Waals surface area contributed by atoms with Gasteiger partial charge in [0.2, 0.25) is 0 Å². The Hall–Kier alpha value is -2.07. The molecule has 0 fully saturated rings. The molecule has 0 saturated heterocycles. The van der Waals surface area contributed by atoms with Gasteiger partial charge in [-0.3, -0.25) is 0 Å². The molecule has 2 rings (SSSR count). The molecule has 0 aliphatic carbocycles. The van der Waals surface area contributed by atoms with E-state index < -0.39 is 5.97 Å². The van der Waals surface area contributed by atoms with Crippen LogP contribution in [0.5, 0.6) is 0 Å². The molecule has 0 saturated carbocycles. The Kier molecular flexibility index (Phi) is 3.71. The van der Waals surface area contributed by atoms with E-state index in [2.05, 4.69) is 5.10 Å². The van der Waals surface area contributed by atoms with Gasteiger partial charge in [0.05, 0.1) is 17.6 Å². The van der Waals surface area contributed by atoms with E-state index in [0.29, 0.717) is 10.7 Å². The van der Waals surface area contributed by atoms with Gasteiger partial charge >= 0.3 is 5.97 Å². The third kappa shape index (κ3) is 2.85. The monoisotopic (exact) mass is 276 g/mol. The zero-order valence-electron chi connectivity index (χ0n) is 10.6. The number of hydrogen-bond donors (Lipinski definition) is 1. The van der Waals surface area contributed by atoms with Crippen LogP contribution in [0, 0.1) is 0 Å². The number of carbonyl (C=O) groups is 1. The molecule has 4 nitrogen and oxygen atoms in total. The van der Waals surface area contributed by atoms with E-state index >= 15 is 0 Å². The molecule has 0 unspecified atom stereocenters. The van der Waals surface area contributed by atoms with Crippen LogP contribution in [-0.2, 0) is 0 Å². The molecular formula is C14H13ClN2O2. The first-order chi connectivity index (χ1) is 8.99. The highest BCUT2D eigenvalue weighted by molar-refractivity contribution is 6.30. The number of allylic oxidation sites excluding steroid dienone is 1. The summed E-state index contributed by atoms with van der Waals surface area (Å²) in [6.45, 7) is 3.81. The third-order valence-corrected chi connectivity index (χ3v) is 2.75. The fraction of sp³-hybridized carbons (Fsp3) is 0.143. The third-order valence-electron chi connectivity index (χ3n) is 2.52. The number of halogens is 1. The van der Waals surface area contributed by atoms with Crippen LogP contribution < -0.4 is 0 Å². The van der Waals surface area contributed by atoms with Crippen LogP contribution in [0.2, 0.25) is 5.02 Å². The van der Waals surface area contributed by atoms with Crippen LogP contribution in [0.3, 0.4) is 0 Å². The molecule has 0 atom stereocenters. The molecular weight excluding hydrogens is 264 g/mol. The molecule has 0 aliphatic heterocycles. The van der Waals surface area contributed by atoms with Gasteiger partial charge in [-0.2, -0.15) is 5.10 Å². The quantitative estimate of drug-likeness (QED) is 0.931. The number of benzene rings is 1. The van der Waals surface area contributed by atoms with Crippen molar-refractivity contribution in [3.8, 4) is 5.69 Å². The molecule has 1 aromatic carbocycles. The van der Waals surface area contributed by atoms with Crippen molar-refractivity contribution in [2.24, 2.45) is 0 Å². The first-order valence-electron chi connectivity index (χ1n) is 5.71. The summed E-state index contributed by atoms with van der Waals surface area (Å²) in [7, 11) is 0. The molecule has 0 spiro atoms. The zero-order chi connectivity index (χ0) is 14.0. The SMILES string of the molecule is CC(C)=Cc1c(C(=O)O)cnn1-c1cccc(Cl)c1. The second-order valence-electron chi connectivity index (χ2n) is 4.36. The summed E-state index contributed by atoms with van der Waals surface area (Å²) in [5.41, 5.74) is 2.43. The largest absolute Gasteiger partial charge is 0.478 e. The van der Waals surface area contributed by atoms with E-state index in [1.54, 1.807) is 29.0 Å². The number of carboxylic acids is 1. The van der Waals surface area contributed by atoms with Crippen LogP contribution in [0.15, 0.2) is 36.0 Å². The lowest BCUT2D eigenvalue weighted by atomic mass is 10.2. The highest BCUT2D eigenvalue weighted by Crippen LogP contribution is 2.20. The Morgan fingerprint density at radius 3 is 2.74 bits per heavy atom. The molecule has 1 heterocycles. The van der Waals surface area contributed by atoms with Gasteiger partial charge in [-0.15, -0.1) is 0 Å². The smallest absolute Gasteiger partial charge is 0.339 e. The van der Waals surface area contributed by atoms with E-state index in [9.17, 15) is 9.90 Å². The van der Waals surface area contributed by atoms with Gasteiger partial charge in [0.25, 0.3) is 0 Å². The molecule has 0 radical (unpaired) electrons. The van der Waals surface area contributed by atoms with Gasteiger partial charge in [0, 0.05) is 5.02 Å². The molecule has 5 heteroatoms. The summed E-state index contributed by atoms with van der Waals surface area (Å²) in [6, 6.07) is 7.12. The molecule has 19 heavy (non-hydrogen) atoms. The van der Waals surface area contributed by atoms with Crippen LogP contribution in [-0.4, -0.2) is 20.9 Å². The van der Waals surface area contributed by atoms with Crippen LogP contribution in [0.1, 0.15) is 29.9 Å². The Morgan fingerprint density at radius 2 is 2.16 bits per heavy atom. The first kappa shape index (κ1) is 13.4. The van der Waals surface area contributed by atoms with Crippen molar-refractivity contribution in [2.75, 3.05) is 0 Å². The molecule has 1 aromatic heterocycles. The highest BCUT2D eigenvalue weighted by Gasteiger charge is 2.15. The predicted octanol–water partition coefficient (Wildman–Crippen LogP) is 3.65. The number of carboxylic acid groups (broad SMARTS) is 1. The maximum absolute atomic E-state index is 11.2. The predicted molar refractivity (Wildman–Crippen MR) is 74.9 cm³/mol. The van der Waals surface area contributed by atoms with Gasteiger partial charge in [-0.1, -0.05) is 23.2 Å². The maximum Gasteiger partial charge on any atom is 0.339 e.